The van der Waals surface area contributed by atoms with E-state index >= 15 is 0 Å². The lowest BCUT2D eigenvalue weighted by molar-refractivity contribution is 0.0941. The highest BCUT2D eigenvalue weighted by Gasteiger charge is 2.11. The van der Waals surface area contributed by atoms with E-state index < -0.39 is 0 Å². The van der Waals surface area contributed by atoms with Gasteiger partial charge in [-0.25, -0.2) is 0 Å². The van der Waals surface area contributed by atoms with Crippen molar-refractivity contribution in [2.45, 2.75) is 6.92 Å². The molecule has 0 unspecified atom stereocenters. The number of hydrogen-bond donors (Lipinski definition) is 0. The molecule has 2 rings (SSSR count). The van der Waals surface area contributed by atoms with Gasteiger partial charge in [-0.15, -0.1) is 5.26 Å². The van der Waals surface area contributed by atoms with Gasteiger partial charge in [-0.2, -0.15) is 0 Å². The van der Waals surface area contributed by atoms with Gasteiger partial charge in [0.2, 0.25) is 5.91 Å². The second-order valence-electron chi connectivity index (χ2n) is 3.09. The van der Waals surface area contributed by atoms with Gasteiger partial charge in [0.05, 0.1) is 11.7 Å². The Morgan fingerprint density at radius 1 is 1.47 bits per heavy atom. The summed E-state index contributed by atoms with van der Waals surface area (Å²) in [7, 11) is 0. The first kappa shape index (κ1) is 9.28. The number of rotatable bonds is 1. The molecule has 4 nitrogen and oxygen atoms in total. The lowest BCUT2D eigenvalue weighted by Crippen LogP contribution is -2.02. The van der Waals surface area contributed by atoms with E-state index in [0.717, 1.165) is 10.9 Å². The van der Waals surface area contributed by atoms with Crippen LogP contribution in [-0.4, -0.2) is 10.5 Å². The van der Waals surface area contributed by atoms with Gasteiger partial charge in [0, 0.05) is 12.3 Å². The molecule has 15 heavy (non-hydrogen) atoms. The predicted octanol–water partition coefficient (Wildman–Crippen LogP) is 2.16. The molecule has 0 saturated heterocycles. The van der Waals surface area contributed by atoms with Crippen LogP contribution in [0.1, 0.15) is 11.7 Å². The van der Waals surface area contributed by atoms with Crippen molar-refractivity contribution < 1.29 is 9.53 Å². The van der Waals surface area contributed by atoms with Crippen molar-refractivity contribution in [2.24, 2.45) is 0 Å². The number of aromatic nitrogens is 1. The van der Waals surface area contributed by atoms with E-state index in [9.17, 15) is 4.79 Å². The average Bonchev–Trinajstić information content (AvgIpc) is 2.59. The normalized spacial score (nSPS) is 9.87. The minimum absolute atomic E-state index is 0.112. The average molecular weight is 200 g/mol. The van der Waals surface area contributed by atoms with E-state index in [2.05, 4.69) is 0 Å². The van der Waals surface area contributed by atoms with Crippen LogP contribution in [0.4, 0.5) is 0 Å². The number of ether oxygens (including phenoxy) is 1. The number of carbonyl (C=O) groups excluding carboxylic acids is 1. The molecule has 0 aliphatic rings. The quantitative estimate of drug-likeness (QED) is 0.663. The van der Waals surface area contributed by atoms with Crippen LogP contribution in [0.5, 0.6) is 5.75 Å². The van der Waals surface area contributed by atoms with E-state index in [-0.39, 0.29) is 5.91 Å². The van der Waals surface area contributed by atoms with E-state index in [0.29, 0.717) is 5.75 Å². The Kier molecular flexibility index (Phi) is 2.14. The standard InChI is InChI=1S/C11H8N2O2/c1-8(14)13-6-11(15-7-12)9-4-2-3-5-10(9)13/h2-6H,1H3. The van der Waals surface area contributed by atoms with Crippen molar-refractivity contribution in [3.8, 4) is 12.0 Å². The third kappa shape index (κ3) is 1.44. The van der Waals surface area contributed by atoms with Gasteiger partial charge in [0.15, 0.2) is 5.75 Å². The molecule has 0 aliphatic carbocycles. The lowest BCUT2D eigenvalue weighted by atomic mass is 10.2. The zero-order valence-corrected chi connectivity index (χ0v) is 8.10. The van der Waals surface area contributed by atoms with Gasteiger partial charge in [0.1, 0.15) is 0 Å². The van der Waals surface area contributed by atoms with Crippen LogP contribution in [0.15, 0.2) is 30.5 Å². The van der Waals surface area contributed by atoms with E-state index in [1.807, 2.05) is 12.1 Å². The SMILES string of the molecule is CC(=O)n1cc(OC#N)c2ccccc21. The number of nitriles is 1. The summed E-state index contributed by atoms with van der Waals surface area (Å²) in [4.78, 5) is 11.3. The maximum absolute atomic E-state index is 11.3. The molecule has 0 aliphatic heterocycles. The largest absolute Gasteiger partial charge is 0.386 e. The van der Waals surface area contributed by atoms with Crippen LogP contribution in [0.25, 0.3) is 10.9 Å². The predicted molar refractivity (Wildman–Crippen MR) is 54.5 cm³/mol. The van der Waals surface area contributed by atoms with Crippen molar-refractivity contribution in [3.63, 3.8) is 0 Å². The molecule has 0 fully saturated rings. The molecule has 0 spiro atoms. The summed E-state index contributed by atoms with van der Waals surface area (Å²) in [5.41, 5.74) is 0.746. The second kappa shape index (κ2) is 3.46. The number of carbonyl (C=O) groups is 1. The zero-order chi connectivity index (χ0) is 10.8. The van der Waals surface area contributed by atoms with Crippen LogP contribution in [0, 0.1) is 11.5 Å². The molecule has 2 aromatic rings. The van der Waals surface area contributed by atoms with Crippen LogP contribution in [-0.2, 0) is 0 Å². The molecule has 1 aromatic carbocycles. The Morgan fingerprint density at radius 3 is 2.87 bits per heavy atom. The number of fused-ring (bicyclic) bond motifs is 1. The summed E-state index contributed by atoms with van der Waals surface area (Å²) in [5, 5.41) is 9.22. The van der Waals surface area contributed by atoms with Crippen molar-refractivity contribution in [2.75, 3.05) is 0 Å². The Morgan fingerprint density at radius 2 is 2.20 bits per heavy atom. The van der Waals surface area contributed by atoms with Gasteiger partial charge in [-0.05, 0) is 12.1 Å². The molecule has 0 saturated carbocycles. The van der Waals surface area contributed by atoms with Crippen molar-refractivity contribution in [1.82, 2.24) is 4.57 Å². The van der Waals surface area contributed by atoms with Crippen LogP contribution in [0.3, 0.4) is 0 Å². The first-order valence-electron chi connectivity index (χ1n) is 4.41. The Labute approximate surface area is 86.3 Å². The Bertz CT molecular complexity index is 563. The summed E-state index contributed by atoms with van der Waals surface area (Å²) >= 11 is 0. The molecule has 1 aromatic heterocycles. The van der Waals surface area contributed by atoms with Gasteiger partial charge in [0.25, 0.3) is 6.26 Å². The number of nitrogens with zero attached hydrogens (tertiary/aromatic N) is 2. The summed E-state index contributed by atoms with van der Waals surface area (Å²) in [6.45, 7) is 1.46. The van der Waals surface area contributed by atoms with Gasteiger partial charge in [-0.3, -0.25) is 9.36 Å². The smallest absolute Gasteiger partial charge is 0.292 e. The Balaban J connectivity index is 2.74. The number of benzene rings is 1. The summed E-state index contributed by atoms with van der Waals surface area (Å²) in [6, 6.07) is 7.28. The van der Waals surface area contributed by atoms with Crippen molar-refractivity contribution in [1.29, 1.82) is 5.26 Å². The molecule has 0 bridgehead atoms. The number of para-hydroxylation sites is 1. The first-order chi connectivity index (χ1) is 7.24. The van der Waals surface area contributed by atoms with E-state index in [1.54, 1.807) is 18.4 Å². The lowest BCUT2D eigenvalue weighted by Gasteiger charge is -1.96. The molecular formula is C11H8N2O2. The third-order valence-electron chi connectivity index (χ3n) is 2.17. The molecule has 0 N–H and O–H groups in total. The maximum Gasteiger partial charge on any atom is 0.292 e. The van der Waals surface area contributed by atoms with Gasteiger partial charge < -0.3 is 4.74 Å². The summed E-state index contributed by atoms with van der Waals surface area (Å²) < 4.78 is 6.24. The molecule has 74 valence electrons. The minimum atomic E-state index is -0.112. The van der Waals surface area contributed by atoms with Crippen LogP contribution in [0.2, 0.25) is 0 Å². The van der Waals surface area contributed by atoms with Crippen molar-refractivity contribution in [3.05, 3.63) is 30.5 Å². The fourth-order valence-corrected chi connectivity index (χ4v) is 1.54. The first-order valence-corrected chi connectivity index (χ1v) is 4.41. The molecule has 0 radical (unpaired) electrons. The number of hydrogen-bond acceptors (Lipinski definition) is 3. The fourth-order valence-electron chi connectivity index (χ4n) is 1.54. The van der Waals surface area contributed by atoms with Crippen LogP contribution >= 0.6 is 0 Å². The van der Waals surface area contributed by atoms with Gasteiger partial charge >= 0.3 is 0 Å². The molecule has 0 atom stereocenters. The molecular weight excluding hydrogens is 192 g/mol. The zero-order valence-electron chi connectivity index (χ0n) is 8.10. The van der Waals surface area contributed by atoms with Crippen molar-refractivity contribution >= 4 is 16.8 Å². The molecule has 1 heterocycles. The highest BCUT2D eigenvalue weighted by molar-refractivity contribution is 5.95. The molecule has 4 heteroatoms. The monoisotopic (exact) mass is 200 g/mol. The summed E-state index contributed by atoms with van der Waals surface area (Å²) in [6.07, 6.45) is 3.13. The van der Waals surface area contributed by atoms with E-state index in [4.69, 9.17) is 10.00 Å². The molecule has 0 amide bonds. The maximum atomic E-state index is 11.3. The van der Waals surface area contributed by atoms with E-state index in [1.165, 1.54) is 17.7 Å². The summed E-state index contributed by atoms with van der Waals surface area (Å²) in [5.74, 6) is 0.294. The fraction of sp³-hybridized carbons (Fsp3) is 0.0909. The van der Waals surface area contributed by atoms with Crippen LogP contribution < -0.4 is 4.74 Å². The third-order valence-corrected chi connectivity index (χ3v) is 2.17. The van der Waals surface area contributed by atoms with Gasteiger partial charge in [-0.1, -0.05) is 12.1 Å². The second-order valence-corrected chi connectivity index (χ2v) is 3.09. The highest BCUT2D eigenvalue weighted by Crippen LogP contribution is 2.27. The minimum Gasteiger partial charge on any atom is -0.386 e. The topological polar surface area (TPSA) is 55.0 Å². The highest BCUT2D eigenvalue weighted by atomic mass is 16.5. The Hall–Kier alpha value is -2.28.